The number of anilines is 1. The lowest BCUT2D eigenvalue weighted by atomic mass is 10.1. The number of aromatic nitrogens is 2. The zero-order chi connectivity index (χ0) is 19.6. The van der Waals surface area contributed by atoms with Crippen LogP contribution in [-0.4, -0.2) is 22.3 Å². The minimum absolute atomic E-state index is 0.0415. The Labute approximate surface area is 160 Å². The van der Waals surface area contributed by atoms with Gasteiger partial charge in [-0.25, -0.2) is 4.68 Å². The van der Waals surface area contributed by atoms with Gasteiger partial charge in [0.2, 0.25) is 0 Å². The maximum absolute atomic E-state index is 12.5. The molecule has 1 aromatic heterocycles. The van der Waals surface area contributed by atoms with E-state index in [-0.39, 0.29) is 12.5 Å². The molecule has 0 spiro atoms. The third-order valence-corrected chi connectivity index (χ3v) is 4.51. The van der Waals surface area contributed by atoms with E-state index < -0.39 is 0 Å². The molecule has 1 amide bonds. The van der Waals surface area contributed by atoms with E-state index in [1.165, 1.54) is 5.56 Å². The van der Waals surface area contributed by atoms with E-state index in [0.717, 1.165) is 39.6 Å². The molecular formula is C22H25N3O2. The molecule has 140 valence electrons. The van der Waals surface area contributed by atoms with Crippen molar-refractivity contribution in [1.82, 2.24) is 9.78 Å². The molecule has 5 nitrogen and oxygen atoms in total. The van der Waals surface area contributed by atoms with Crippen molar-refractivity contribution in [3.8, 4) is 11.4 Å². The Morgan fingerprint density at radius 1 is 1.04 bits per heavy atom. The number of nitrogens with one attached hydrogen (secondary N) is 1. The first-order chi connectivity index (χ1) is 12.9. The Kier molecular flexibility index (Phi) is 5.31. The summed E-state index contributed by atoms with van der Waals surface area (Å²) in [7, 11) is 0. The zero-order valence-corrected chi connectivity index (χ0v) is 16.5. The maximum atomic E-state index is 12.5. The first kappa shape index (κ1) is 18.7. The van der Waals surface area contributed by atoms with E-state index in [4.69, 9.17) is 4.74 Å². The SMILES string of the molecule is Cc1cc(C)c(OCC(=O)Nc2c(C)nn(-c3ccccc3)c2C)c(C)c1. The molecule has 1 heterocycles. The molecule has 0 atom stereocenters. The van der Waals surface area contributed by atoms with Crippen molar-refractivity contribution >= 4 is 11.6 Å². The highest BCUT2D eigenvalue weighted by Gasteiger charge is 2.16. The predicted octanol–water partition coefficient (Wildman–Crippen LogP) is 4.43. The lowest BCUT2D eigenvalue weighted by Gasteiger charge is -2.13. The summed E-state index contributed by atoms with van der Waals surface area (Å²) in [5.74, 6) is 0.567. The Morgan fingerprint density at radius 2 is 1.67 bits per heavy atom. The molecule has 0 radical (unpaired) electrons. The van der Waals surface area contributed by atoms with Gasteiger partial charge in [-0.05, 0) is 57.9 Å². The molecule has 1 N–H and O–H groups in total. The number of rotatable bonds is 5. The van der Waals surface area contributed by atoms with Crippen LogP contribution in [0.4, 0.5) is 5.69 Å². The molecule has 0 aliphatic rings. The van der Waals surface area contributed by atoms with Crippen molar-refractivity contribution in [3.05, 3.63) is 70.5 Å². The van der Waals surface area contributed by atoms with Crippen LogP contribution in [0.15, 0.2) is 42.5 Å². The van der Waals surface area contributed by atoms with Gasteiger partial charge in [-0.2, -0.15) is 5.10 Å². The third-order valence-electron chi connectivity index (χ3n) is 4.51. The monoisotopic (exact) mass is 363 g/mol. The number of amides is 1. The number of nitrogens with zero attached hydrogens (tertiary/aromatic N) is 2. The number of para-hydroxylation sites is 1. The van der Waals surface area contributed by atoms with E-state index >= 15 is 0 Å². The lowest BCUT2D eigenvalue weighted by Crippen LogP contribution is -2.21. The van der Waals surface area contributed by atoms with Gasteiger partial charge in [0.15, 0.2) is 6.61 Å². The van der Waals surface area contributed by atoms with E-state index in [0.29, 0.717) is 0 Å². The Morgan fingerprint density at radius 3 is 2.30 bits per heavy atom. The number of carbonyl (C=O) groups is 1. The minimum Gasteiger partial charge on any atom is -0.483 e. The smallest absolute Gasteiger partial charge is 0.262 e. The molecule has 0 aliphatic carbocycles. The van der Waals surface area contributed by atoms with Crippen LogP contribution in [0.25, 0.3) is 5.69 Å². The highest BCUT2D eigenvalue weighted by Crippen LogP contribution is 2.25. The Hall–Kier alpha value is -3.08. The molecule has 0 saturated carbocycles. The topological polar surface area (TPSA) is 56.1 Å². The van der Waals surface area contributed by atoms with Crippen LogP contribution in [-0.2, 0) is 4.79 Å². The summed E-state index contributed by atoms with van der Waals surface area (Å²) in [6.07, 6.45) is 0. The predicted molar refractivity (Wildman–Crippen MR) is 108 cm³/mol. The van der Waals surface area contributed by atoms with E-state index in [9.17, 15) is 4.79 Å². The Bertz CT molecular complexity index is 952. The largest absolute Gasteiger partial charge is 0.483 e. The zero-order valence-electron chi connectivity index (χ0n) is 16.5. The first-order valence-corrected chi connectivity index (χ1v) is 8.99. The molecule has 0 aliphatic heterocycles. The molecule has 27 heavy (non-hydrogen) atoms. The fourth-order valence-electron chi connectivity index (χ4n) is 3.35. The Balaban J connectivity index is 1.73. The van der Waals surface area contributed by atoms with Gasteiger partial charge in [0.1, 0.15) is 5.75 Å². The fourth-order valence-corrected chi connectivity index (χ4v) is 3.35. The van der Waals surface area contributed by atoms with E-state index in [1.807, 2.05) is 69.6 Å². The van der Waals surface area contributed by atoms with Crippen molar-refractivity contribution < 1.29 is 9.53 Å². The van der Waals surface area contributed by atoms with Gasteiger partial charge < -0.3 is 10.1 Å². The van der Waals surface area contributed by atoms with Gasteiger partial charge in [-0.15, -0.1) is 0 Å². The number of aryl methyl sites for hydroxylation is 4. The van der Waals surface area contributed by atoms with E-state index in [2.05, 4.69) is 22.5 Å². The van der Waals surface area contributed by atoms with Crippen LogP contribution in [0.3, 0.4) is 0 Å². The minimum atomic E-state index is -0.201. The lowest BCUT2D eigenvalue weighted by molar-refractivity contribution is -0.118. The molecule has 0 bridgehead atoms. The molecule has 5 heteroatoms. The summed E-state index contributed by atoms with van der Waals surface area (Å²) in [5.41, 5.74) is 6.59. The van der Waals surface area contributed by atoms with Gasteiger partial charge in [-0.3, -0.25) is 4.79 Å². The average molecular weight is 363 g/mol. The maximum Gasteiger partial charge on any atom is 0.262 e. The van der Waals surface area contributed by atoms with Crippen molar-refractivity contribution in [2.45, 2.75) is 34.6 Å². The van der Waals surface area contributed by atoms with Gasteiger partial charge >= 0.3 is 0 Å². The first-order valence-electron chi connectivity index (χ1n) is 8.99. The molecule has 0 saturated heterocycles. The third kappa shape index (κ3) is 4.03. The van der Waals surface area contributed by atoms with Crippen LogP contribution in [0, 0.1) is 34.6 Å². The standard InChI is InChI=1S/C22H25N3O2/c1-14-11-15(2)22(16(3)12-14)27-13-20(26)23-21-17(4)24-25(18(21)5)19-9-7-6-8-10-19/h6-12H,13H2,1-5H3,(H,23,26). The number of hydrogen-bond donors (Lipinski definition) is 1. The van der Waals surface area contributed by atoms with Crippen LogP contribution >= 0.6 is 0 Å². The number of ether oxygens (including phenoxy) is 1. The quantitative estimate of drug-likeness (QED) is 0.729. The van der Waals surface area contributed by atoms with Crippen molar-refractivity contribution in [1.29, 1.82) is 0 Å². The second-order valence-corrected chi connectivity index (χ2v) is 6.86. The molecule has 2 aromatic carbocycles. The second kappa shape index (κ2) is 7.66. The van der Waals surface area contributed by atoms with Crippen molar-refractivity contribution in [2.24, 2.45) is 0 Å². The van der Waals surface area contributed by atoms with Gasteiger partial charge in [-0.1, -0.05) is 35.9 Å². The number of hydrogen-bond acceptors (Lipinski definition) is 3. The molecule has 0 unspecified atom stereocenters. The summed E-state index contributed by atoms with van der Waals surface area (Å²) in [6.45, 7) is 9.82. The fraction of sp³-hybridized carbons (Fsp3) is 0.273. The average Bonchev–Trinajstić information content (AvgIpc) is 2.90. The van der Waals surface area contributed by atoms with Gasteiger partial charge in [0.05, 0.1) is 22.8 Å². The molecule has 3 rings (SSSR count). The van der Waals surface area contributed by atoms with Crippen LogP contribution in [0.1, 0.15) is 28.1 Å². The molecule has 3 aromatic rings. The number of benzene rings is 2. The van der Waals surface area contributed by atoms with E-state index in [1.54, 1.807) is 0 Å². The van der Waals surface area contributed by atoms with Crippen LogP contribution < -0.4 is 10.1 Å². The van der Waals surface area contributed by atoms with Gasteiger partial charge in [0, 0.05) is 0 Å². The van der Waals surface area contributed by atoms with Gasteiger partial charge in [0.25, 0.3) is 5.91 Å². The number of carbonyl (C=O) groups excluding carboxylic acids is 1. The normalized spacial score (nSPS) is 10.7. The van der Waals surface area contributed by atoms with Crippen molar-refractivity contribution in [2.75, 3.05) is 11.9 Å². The highest BCUT2D eigenvalue weighted by atomic mass is 16.5. The second-order valence-electron chi connectivity index (χ2n) is 6.86. The molecule has 0 fully saturated rings. The summed E-state index contributed by atoms with van der Waals surface area (Å²) >= 11 is 0. The van der Waals surface area contributed by atoms with Crippen molar-refractivity contribution in [3.63, 3.8) is 0 Å². The highest BCUT2D eigenvalue weighted by molar-refractivity contribution is 5.93. The van der Waals surface area contributed by atoms with Crippen LogP contribution in [0.5, 0.6) is 5.75 Å². The van der Waals surface area contributed by atoms with Crippen LogP contribution in [0.2, 0.25) is 0 Å². The summed E-state index contributed by atoms with van der Waals surface area (Å²) < 4.78 is 7.62. The summed E-state index contributed by atoms with van der Waals surface area (Å²) in [6, 6.07) is 14.0. The molecular weight excluding hydrogens is 338 g/mol. The summed E-state index contributed by atoms with van der Waals surface area (Å²) in [5, 5.41) is 7.49. The summed E-state index contributed by atoms with van der Waals surface area (Å²) in [4.78, 5) is 12.5.